The van der Waals surface area contributed by atoms with Crippen LogP contribution in [0.15, 0.2) is 36.4 Å². The van der Waals surface area contributed by atoms with Gasteiger partial charge < -0.3 is 4.90 Å². The van der Waals surface area contributed by atoms with Crippen molar-refractivity contribution in [3.8, 4) is 10.4 Å². The van der Waals surface area contributed by atoms with E-state index in [9.17, 15) is 12.8 Å². The molecule has 1 aromatic carbocycles. The predicted octanol–water partition coefficient (Wildman–Crippen LogP) is 2.95. The molecular weight excluding hydrogens is 397 g/mol. The highest BCUT2D eigenvalue weighted by Gasteiger charge is 2.19. The molecule has 8 heteroatoms. The molecule has 28 heavy (non-hydrogen) atoms. The van der Waals surface area contributed by atoms with Crippen molar-refractivity contribution in [2.24, 2.45) is 0 Å². The number of benzene rings is 1. The SMILES string of the molecule is CN(C)S(=O)(=O)CCCN1CCN(Cc2ccc(-c3cccc(F)c3)s2)CC1. The molecule has 0 aliphatic carbocycles. The van der Waals surface area contributed by atoms with Gasteiger partial charge in [-0.05, 0) is 42.8 Å². The number of thiophene rings is 1. The fourth-order valence-corrected chi connectivity index (χ4v) is 5.21. The van der Waals surface area contributed by atoms with Crippen LogP contribution in [0.5, 0.6) is 0 Å². The summed E-state index contributed by atoms with van der Waals surface area (Å²) < 4.78 is 38.4. The van der Waals surface area contributed by atoms with E-state index in [1.807, 2.05) is 6.07 Å². The second-order valence-corrected chi connectivity index (χ2v) is 10.8. The van der Waals surface area contributed by atoms with Crippen molar-refractivity contribution < 1.29 is 12.8 Å². The monoisotopic (exact) mass is 425 g/mol. The number of rotatable bonds is 8. The van der Waals surface area contributed by atoms with Gasteiger partial charge in [-0.3, -0.25) is 4.90 Å². The van der Waals surface area contributed by atoms with Gasteiger partial charge in [-0.1, -0.05) is 12.1 Å². The van der Waals surface area contributed by atoms with E-state index >= 15 is 0 Å². The van der Waals surface area contributed by atoms with Crippen molar-refractivity contribution >= 4 is 21.4 Å². The lowest BCUT2D eigenvalue weighted by molar-refractivity contribution is 0.128. The fourth-order valence-electron chi connectivity index (χ4n) is 3.30. The molecule has 1 aliphatic rings. The molecule has 154 valence electrons. The van der Waals surface area contributed by atoms with E-state index in [-0.39, 0.29) is 11.6 Å². The molecule has 0 radical (unpaired) electrons. The number of hydrogen-bond acceptors (Lipinski definition) is 5. The summed E-state index contributed by atoms with van der Waals surface area (Å²) in [5, 5.41) is 0. The third-order valence-electron chi connectivity index (χ3n) is 5.05. The predicted molar refractivity (Wildman–Crippen MR) is 114 cm³/mol. The van der Waals surface area contributed by atoms with Gasteiger partial charge in [0.2, 0.25) is 10.0 Å². The zero-order valence-electron chi connectivity index (χ0n) is 16.5. The minimum absolute atomic E-state index is 0.207. The normalized spacial score (nSPS) is 16.7. The van der Waals surface area contributed by atoms with Gasteiger partial charge in [0, 0.05) is 56.6 Å². The Morgan fingerprint density at radius 2 is 1.79 bits per heavy atom. The third-order valence-corrected chi connectivity index (χ3v) is 8.08. The fraction of sp³-hybridized carbons (Fsp3) is 0.500. The van der Waals surface area contributed by atoms with Crippen LogP contribution in [0.2, 0.25) is 0 Å². The van der Waals surface area contributed by atoms with Crippen LogP contribution in [0.4, 0.5) is 4.39 Å². The first-order chi connectivity index (χ1) is 13.3. The summed E-state index contributed by atoms with van der Waals surface area (Å²) in [6, 6.07) is 10.9. The van der Waals surface area contributed by atoms with Gasteiger partial charge in [0.1, 0.15) is 5.82 Å². The first kappa shape index (κ1) is 21.4. The summed E-state index contributed by atoms with van der Waals surface area (Å²) in [6.45, 7) is 5.61. The number of piperazine rings is 1. The highest BCUT2D eigenvalue weighted by molar-refractivity contribution is 7.89. The van der Waals surface area contributed by atoms with Gasteiger partial charge in [-0.25, -0.2) is 17.1 Å². The molecule has 0 N–H and O–H groups in total. The second-order valence-electron chi connectivity index (χ2n) is 7.35. The Morgan fingerprint density at radius 3 is 2.46 bits per heavy atom. The van der Waals surface area contributed by atoms with Crippen molar-refractivity contribution in [2.75, 3.05) is 52.6 Å². The van der Waals surface area contributed by atoms with E-state index in [1.54, 1.807) is 37.6 Å². The molecular formula is C20H28FN3O2S2. The van der Waals surface area contributed by atoms with Crippen molar-refractivity contribution in [2.45, 2.75) is 13.0 Å². The maximum atomic E-state index is 13.4. The zero-order chi connectivity index (χ0) is 20.1. The Labute approximate surface area is 171 Å². The van der Waals surface area contributed by atoms with Crippen LogP contribution in [0.25, 0.3) is 10.4 Å². The third kappa shape index (κ3) is 5.84. The molecule has 0 atom stereocenters. The number of halogens is 1. The summed E-state index contributed by atoms with van der Waals surface area (Å²) in [7, 11) is 0.0638. The largest absolute Gasteiger partial charge is 0.301 e. The highest BCUT2D eigenvalue weighted by Crippen LogP contribution is 2.29. The molecule has 0 saturated carbocycles. The van der Waals surface area contributed by atoms with Gasteiger partial charge >= 0.3 is 0 Å². The van der Waals surface area contributed by atoms with Gasteiger partial charge in [-0.2, -0.15) is 0 Å². The maximum Gasteiger partial charge on any atom is 0.213 e. The molecule has 1 aromatic heterocycles. The Hall–Kier alpha value is -1.32. The molecule has 0 bridgehead atoms. The van der Waals surface area contributed by atoms with Crippen LogP contribution >= 0.6 is 11.3 Å². The van der Waals surface area contributed by atoms with Crippen molar-refractivity contribution in [3.63, 3.8) is 0 Å². The minimum Gasteiger partial charge on any atom is -0.301 e. The van der Waals surface area contributed by atoms with Gasteiger partial charge in [0.25, 0.3) is 0 Å². The quantitative estimate of drug-likeness (QED) is 0.652. The van der Waals surface area contributed by atoms with E-state index in [4.69, 9.17) is 0 Å². The first-order valence-electron chi connectivity index (χ1n) is 9.53. The van der Waals surface area contributed by atoms with Gasteiger partial charge in [0.15, 0.2) is 0 Å². The van der Waals surface area contributed by atoms with Crippen LogP contribution in [0.3, 0.4) is 0 Å². The smallest absolute Gasteiger partial charge is 0.213 e. The van der Waals surface area contributed by atoms with Gasteiger partial charge in [-0.15, -0.1) is 11.3 Å². The number of nitrogens with zero attached hydrogens (tertiary/aromatic N) is 3. The Kier molecular flexibility index (Phi) is 7.22. The van der Waals surface area contributed by atoms with Gasteiger partial charge in [0.05, 0.1) is 5.75 Å². The first-order valence-corrected chi connectivity index (χ1v) is 12.0. The van der Waals surface area contributed by atoms with E-state index in [2.05, 4.69) is 21.9 Å². The molecule has 2 aromatic rings. The van der Waals surface area contributed by atoms with E-state index in [0.717, 1.165) is 49.7 Å². The summed E-state index contributed by atoms with van der Waals surface area (Å²) >= 11 is 1.72. The zero-order valence-corrected chi connectivity index (χ0v) is 18.1. The molecule has 1 aliphatic heterocycles. The summed E-state index contributed by atoms with van der Waals surface area (Å²) in [6.07, 6.45) is 0.669. The van der Waals surface area contributed by atoms with Crippen LogP contribution in [0, 0.1) is 5.82 Å². The molecule has 2 heterocycles. The average molecular weight is 426 g/mol. The lowest BCUT2D eigenvalue weighted by Gasteiger charge is -2.34. The van der Waals surface area contributed by atoms with E-state index < -0.39 is 10.0 Å². The van der Waals surface area contributed by atoms with Crippen LogP contribution in [0.1, 0.15) is 11.3 Å². The molecule has 3 rings (SSSR count). The van der Waals surface area contributed by atoms with Crippen LogP contribution in [-0.2, 0) is 16.6 Å². The topological polar surface area (TPSA) is 43.9 Å². The molecule has 1 saturated heterocycles. The van der Waals surface area contributed by atoms with E-state index in [1.165, 1.54) is 15.2 Å². The van der Waals surface area contributed by atoms with Crippen molar-refractivity contribution in [1.29, 1.82) is 0 Å². The van der Waals surface area contributed by atoms with Crippen molar-refractivity contribution in [3.05, 3.63) is 47.1 Å². The Balaban J connectivity index is 1.44. The lowest BCUT2D eigenvalue weighted by atomic mass is 10.2. The Bertz CT molecular complexity index is 875. The lowest BCUT2D eigenvalue weighted by Crippen LogP contribution is -2.46. The summed E-state index contributed by atoms with van der Waals surface area (Å²) in [5.74, 6) is 0.0000894. The summed E-state index contributed by atoms with van der Waals surface area (Å²) in [5.41, 5.74) is 0.925. The molecule has 0 spiro atoms. The number of hydrogen-bond donors (Lipinski definition) is 0. The second kappa shape index (κ2) is 9.45. The molecule has 5 nitrogen and oxygen atoms in total. The standard InChI is InChI=1S/C20H28FN3O2S2/c1-22(2)28(25,26)14-4-9-23-10-12-24(13-11-23)16-19-7-8-20(27-19)17-5-3-6-18(21)15-17/h3,5-8,15H,4,9-14,16H2,1-2H3. The van der Waals surface area contributed by atoms with Crippen LogP contribution < -0.4 is 0 Å². The molecule has 0 amide bonds. The molecule has 1 fully saturated rings. The molecule has 0 unspecified atom stereocenters. The van der Waals surface area contributed by atoms with Crippen molar-refractivity contribution in [1.82, 2.24) is 14.1 Å². The maximum absolute atomic E-state index is 13.4. The minimum atomic E-state index is -3.10. The average Bonchev–Trinajstić information content (AvgIpc) is 3.11. The summed E-state index contributed by atoms with van der Waals surface area (Å²) in [4.78, 5) is 7.14. The van der Waals surface area contributed by atoms with Crippen LogP contribution in [-0.4, -0.2) is 75.1 Å². The number of sulfonamides is 1. The Morgan fingerprint density at radius 1 is 1.07 bits per heavy atom. The van der Waals surface area contributed by atoms with E-state index in [0.29, 0.717) is 6.42 Å². The highest BCUT2D eigenvalue weighted by atomic mass is 32.2.